The monoisotopic (exact) mass is 310 g/mol. The molecule has 1 rings (SSSR count). The maximum Gasteiger partial charge on any atom is 0.0580 e. The van der Waals surface area contributed by atoms with E-state index in [1.54, 1.807) is 19.3 Å². The summed E-state index contributed by atoms with van der Waals surface area (Å²) in [5.41, 5.74) is 1.15. The quantitative estimate of drug-likeness (QED) is 0.753. The first-order valence-corrected chi connectivity index (χ1v) is 8.42. The molecule has 130 valence electrons. The highest BCUT2D eigenvalue weighted by Crippen LogP contribution is 2.08. The number of allylic oxidation sites excluding steroid dienone is 4. The van der Waals surface area contributed by atoms with E-state index >= 15 is 0 Å². The normalized spacial score (nSPS) is 18.0. The molecule has 1 heterocycles. The fourth-order valence-corrected chi connectivity index (χ4v) is 1.94. The number of hydrogen-bond donors (Lipinski definition) is 1. The van der Waals surface area contributed by atoms with E-state index in [0.717, 1.165) is 25.2 Å². The first-order chi connectivity index (χ1) is 10.5. The summed E-state index contributed by atoms with van der Waals surface area (Å²) in [5.74, 6) is 0.628. The first-order valence-electron chi connectivity index (χ1n) is 8.42. The minimum atomic E-state index is 0.370. The highest BCUT2D eigenvalue weighted by Gasteiger charge is 2.16. The fraction of sp³-hybridized carbons (Fsp3) is 0.684. The lowest BCUT2D eigenvalue weighted by Crippen LogP contribution is -2.46. The van der Waals surface area contributed by atoms with Gasteiger partial charge in [0.15, 0.2) is 0 Å². The molecule has 0 aliphatic carbocycles. The standard InChI is InChI=1S/C10H22N2O.C7H10.C2H6/c1-9(10(2)13-3)8-12-6-4-11-5-7-12;1-4-6-7(3)5-2;1-2/h9-11H,4-8H2,1-3H3;4-6H,1-2H2,3H3;1-2H3/b;7-6-;. The van der Waals surface area contributed by atoms with E-state index in [4.69, 9.17) is 4.74 Å². The molecule has 22 heavy (non-hydrogen) atoms. The molecule has 1 aliphatic heterocycles. The van der Waals surface area contributed by atoms with Crippen LogP contribution in [0.15, 0.2) is 37.0 Å². The molecule has 1 saturated heterocycles. The molecule has 0 amide bonds. The molecule has 0 radical (unpaired) electrons. The smallest absolute Gasteiger partial charge is 0.0580 e. The van der Waals surface area contributed by atoms with Crippen LogP contribution in [0.25, 0.3) is 0 Å². The zero-order valence-corrected chi connectivity index (χ0v) is 15.7. The Hall–Kier alpha value is -0.900. The minimum Gasteiger partial charge on any atom is -0.381 e. The maximum atomic E-state index is 5.31. The Kier molecular flexibility index (Phi) is 17.5. The van der Waals surface area contributed by atoms with Gasteiger partial charge in [0.1, 0.15) is 0 Å². The second-order valence-corrected chi connectivity index (χ2v) is 5.32. The summed E-state index contributed by atoms with van der Waals surface area (Å²) in [6.45, 7) is 23.3. The summed E-state index contributed by atoms with van der Waals surface area (Å²) >= 11 is 0. The molecule has 0 aromatic carbocycles. The summed E-state index contributed by atoms with van der Waals surface area (Å²) < 4.78 is 5.31. The maximum absolute atomic E-state index is 5.31. The van der Waals surface area contributed by atoms with Crippen LogP contribution >= 0.6 is 0 Å². The topological polar surface area (TPSA) is 24.5 Å². The number of methoxy groups -OCH3 is 1. The number of nitrogens with one attached hydrogen (secondary N) is 1. The predicted octanol–water partition coefficient (Wildman–Crippen LogP) is 3.89. The summed E-state index contributed by atoms with van der Waals surface area (Å²) in [5, 5.41) is 3.36. The summed E-state index contributed by atoms with van der Waals surface area (Å²) in [4.78, 5) is 2.51. The van der Waals surface area contributed by atoms with Gasteiger partial charge < -0.3 is 15.0 Å². The second kappa shape index (κ2) is 16.5. The Morgan fingerprint density at radius 2 is 1.77 bits per heavy atom. The van der Waals surface area contributed by atoms with Gasteiger partial charge in [-0.3, -0.25) is 0 Å². The minimum absolute atomic E-state index is 0.370. The molecule has 0 saturated carbocycles. The van der Waals surface area contributed by atoms with Crippen molar-refractivity contribution in [2.45, 2.75) is 40.7 Å². The van der Waals surface area contributed by atoms with Crippen LogP contribution in [0.3, 0.4) is 0 Å². The number of hydrogen-bond acceptors (Lipinski definition) is 3. The molecular formula is C19H38N2O. The lowest BCUT2D eigenvalue weighted by atomic mass is 10.1. The summed E-state index contributed by atoms with van der Waals surface area (Å²) in [6.07, 6.45) is 5.82. The van der Waals surface area contributed by atoms with Gasteiger partial charge in [0.2, 0.25) is 0 Å². The van der Waals surface area contributed by atoms with Crippen LogP contribution in [0.2, 0.25) is 0 Å². The van der Waals surface area contributed by atoms with Gasteiger partial charge >= 0.3 is 0 Å². The molecule has 0 spiro atoms. The Bertz CT molecular complexity index is 294. The molecule has 0 bridgehead atoms. The Morgan fingerprint density at radius 3 is 2.14 bits per heavy atom. The number of ether oxygens (including phenoxy) is 1. The Labute approximate surface area is 139 Å². The van der Waals surface area contributed by atoms with E-state index in [1.165, 1.54) is 13.1 Å². The largest absolute Gasteiger partial charge is 0.381 e. The second-order valence-electron chi connectivity index (χ2n) is 5.32. The number of piperazine rings is 1. The summed E-state index contributed by atoms with van der Waals surface area (Å²) in [7, 11) is 1.79. The van der Waals surface area contributed by atoms with Crippen molar-refractivity contribution >= 4 is 0 Å². The van der Waals surface area contributed by atoms with Crippen LogP contribution in [0.1, 0.15) is 34.6 Å². The average Bonchev–Trinajstić information content (AvgIpc) is 2.57. The molecule has 3 nitrogen and oxygen atoms in total. The van der Waals surface area contributed by atoms with Crippen molar-refractivity contribution in [2.75, 3.05) is 39.8 Å². The van der Waals surface area contributed by atoms with Gasteiger partial charge in [-0.15, -0.1) is 0 Å². The van der Waals surface area contributed by atoms with E-state index in [2.05, 4.69) is 37.2 Å². The van der Waals surface area contributed by atoms with Crippen molar-refractivity contribution in [1.29, 1.82) is 0 Å². The highest BCUT2D eigenvalue weighted by molar-refractivity contribution is 5.17. The lowest BCUT2D eigenvalue weighted by molar-refractivity contribution is 0.0534. The van der Waals surface area contributed by atoms with Crippen molar-refractivity contribution in [2.24, 2.45) is 5.92 Å². The fourth-order valence-electron chi connectivity index (χ4n) is 1.94. The van der Waals surface area contributed by atoms with E-state index in [-0.39, 0.29) is 0 Å². The van der Waals surface area contributed by atoms with Crippen molar-refractivity contribution in [3.63, 3.8) is 0 Å². The molecule has 2 atom stereocenters. The van der Waals surface area contributed by atoms with Crippen LogP contribution in [-0.4, -0.2) is 50.8 Å². The van der Waals surface area contributed by atoms with Crippen LogP contribution < -0.4 is 5.32 Å². The van der Waals surface area contributed by atoms with Crippen molar-refractivity contribution in [3.8, 4) is 0 Å². The first kappa shape index (κ1) is 23.4. The third-order valence-electron chi connectivity index (χ3n) is 3.63. The third kappa shape index (κ3) is 12.8. The van der Waals surface area contributed by atoms with Gasteiger partial charge in [-0.05, 0) is 19.8 Å². The molecule has 3 heteroatoms. The molecule has 1 N–H and O–H groups in total. The molecular weight excluding hydrogens is 272 g/mol. The SMILES string of the molecule is C=C/C=C(/C)C=C.CC.COC(C)C(C)CN1CCNCC1. The highest BCUT2D eigenvalue weighted by atomic mass is 16.5. The Morgan fingerprint density at radius 1 is 1.23 bits per heavy atom. The molecule has 1 aliphatic rings. The molecule has 0 aromatic rings. The zero-order valence-electron chi connectivity index (χ0n) is 15.7. The van der Waals surface area contributed by atoms with E-state index < -0.39 is 0 Å². The van der Waals surface area contributed by atoms with E-state index in [0.29, 0.717) is 12.0 Å². The Balaban J connectivity index is 0. The van der Waals surface area contributed by atoms with Crippen LogP contribution in [0.5, 0.6) is 0 Å². The van der Waals surface area contributed by atoms with Crippen LogP contribution in [0.4, 0.5) is 0 Å². The van der Waals surface area contributed by atoms with Crippen LogP contribution in [-0.2, 0) is 4.74 Å². The molecule has 1 fully saturated rings. The third-order valence-corrected chi connectivity index (χ3v) is 3.63. The van der Waals surface area contributed by atoms with Gasteiger partial charge in [0, 0.05) is 39.8 Å². The van der Waals surface area contributed by atoms with Crippen LogP contribution in [0, 0.1) is 5.92 Å². The lowest BCUT2D eigenvalue weighted by Gasteiger charge is -2.31. The molecule has 2 unspecified atom stereocenters. The van der Waals surface area contributed by atoms with E-state index in [1.807, 2.05) is 26.8 Å². The van der Waals surface area contributed by atoms with Crippen molar-refractivity contribution < 1.29 is 4.74 Å². The van der Waals surface area contributed by atoms with Crippen molar-refractivity contribution in [1.82, 2.24) is 10.2 Å². The number of rotatable bonds is 6. The van der Waals surface area contributed by atoms with E-state index in [9.17, 15) is 0 Å². The molecule has 0 aromatic heterocycles. The van der Waals surface area contributed by atoms with Gasteiger partial charge in [0.25, 0.3) is 0 Å². The van der Waals surface area contributed by atoms with Gasteiger partial charge in [-0.25, -0.2) is 0 Å². The zero-order chi connectivity index (χ0) is 17.4. The van der Waals surface area contributed by atoms with Gasteiger partial charge in [0.05, 0.1) is 6.10 Å². The summed E-state index contributed by atoms with van der Waals surface area (Å²) in [6, 6.07) is 0. The van der Waals surface area contributed by atoms with Gasteiger partial charge in [-0.2, -0.15) is 0 Å². The number of nitrogens with zero attached hydrogens (tertiary/aromatic N) is 1. The van der Waals surface area contributed by atoms with Gasteiger partial charge in [-0.1, -0.05) is 57.7 Å². The predicted molar refractivity (Wildman–Crippen MR) is 100 cm³/mol. The average molecular weight is 311 g/mol. The van der Waals surface area contributed by atoms with Crippen molar-refractivity contribution in [3.05, 3.63) is 37.0 Å².